The molecule has 2 aliphatic carbocycles. The van der Waals surface area contributed by atoms with Gasteiger partial charge in [0, 0.05) is 5.41 Å². The van der Waals surface area contributed by atoms with E-state index < -0.39 is 12.1 Å². The Morgan fingerprint density at radius 2 is 2.00 bits per heavy atom. The van der Waals surface area contributed by atoms with Crippen LogP contribution in [0.25, 0.3) is 0 Å². The van der Waals surface area contributed by atoms with Gasteiger partial charge in [0.1, 0.15) is 0 Å². The van der Waals surface area contributed by atoms with Crippen molar-refractivity contribution < 1.29 is 15.0 Å². The number of hydrogen-bond donors (Lipinski definition) is 2. The highest BCUT2D eigenvalue weighted by atomic mass is 16.4. The van der Waals surface area contributed by atoms with Crippen LogP contribution in [0.5, 0.6) is 0 Å². The molecule has 0 saturated heterocycles. The fraction of sp³-hybridized carbons (Fsp3) is 0.786. The zero-order valence-corrected chi connectivity index (χ0v) is 10.9. The first-order chi connectivity index (χ1) is 7.79. The summed E-state index contributed by atoms with van der Waals surface area (Å²) in [4.78, 5) is 11.1. The summed E-state index contributed by atoms with van der Waals surface area (Å²) in [5.41, 5.74) is 0.111. The van der Waals surface area contributed by atoms with Gasteiger partial charge in [-0.1, -0.05) is 33.3 Å². The summed E-state index contributed by atoms with van der Waals surface area (Å²) in [5, 5.41) is 19.5. The molecule has 2 rings (SSSR count). The molecule has 3 nitrogen and oxygen atoms in total. The fourth-order valence-electron chi connectivity index (χ4n) is 4.00. The van der Waals surface area contributed by atoms with Crippen LogP contribution >= 0.6 is 0 Å². The molecule has 0 aliphatic heterocycles. The van der Waals surface area contributed by atoms with Gasteiger partial charge in [0.15, 0.2) is 0 Å². The average Bonchev–Trinajstić information content (AvgIpc) is 2.19. The summed E-state index contributed by atoms with van der Waals surface area (Å²) in [7, 11) is 0. The number of fused-ring (bicyclic) bond motifs is 1. The molecule has 0 spiro atoms. The molecule has 0 amide bonds. The van der Waals surface area contributed by atoms with E-state index in [2.05, 4.69) is 20.8 Å². The predicted molar refractivity (Wildman–Crippen MR) is 65.6 cm³/mol. The number of aliphatic carboxylic acids is 1. The van der Waals surface area contributed by atoms with Gasteiger partial charge in [-0.15, -0.1) is 0 Å². The van der Waals surface area contributed by atoms with Crippen molar-refractivity contribution in [2.24, 2.45) is 16.7 Å². The zero-order valence-electron chi connectivity index (χ0n) is 10.9. The maximum Gasteiger partial charge on any atom is 0.333 e. The Balaban J connectivity index is 2.40. The van der Waals surface area contributed by atoms with Crippen molar-refractivity contribution in [3.8, 4) is 0 Å². The Morgan fingerprint density at radius 3 is 2.59 bits per heavy atom. The van der Waals surface area contributed by atoms with Gasteiger partial charge in [0.2, 0.25) is 0 Å². The second kappa shape index (κ2) is 3.84. The minimum Gasteiger partial charge on any atom is -0.478 e. The van der Waals surface area contributed by atoms with E-state index >= 15 is 0 Å². The second-order valence-electron chi connectivity index (χ2n) is 6.50. The van der Waals surface area contributed by atoms with Crippen LogP contribution in [0.4, 0.5) is 0 Å². The molecular formula is C14H22O3. The standard InChI is InChI=1S/C14H22O3/c1-13(2)7-4-8-14(3)10(13)6-5-9(11(14)15)12(16)17/h5,10-11,15H,4,6-8H2,1-3H3,(H,16,17)/t10-,11+,14-/m0/s1. The lowest BCUT2D eigenvalue weighted by molar-refractivity contribution is -0.138. The largest absolute Gasteiger partial charge is 0.478 e. The van der Waals surface area contributed by atoms with Crippen LogP contribution in [0.1, 0.15) is 46.5 Å². The van der Waals surface area contributed by atoms with Crippen LogP contribution < -0.4 is 0 Å². The van der Waals surface area contributed by atoms with Gasteiger partial charge < -0.3 is 10.2 Å². The van der Waals surface area contributed by atoms with Crippen LogP contribution in [-0.4, -0.2) is 22.3 Å². The molecule has 0 aromatic rings. The number of carboxylic acid groups (broad SMARTS) is 1. The van der Waals surface area contributed by atoms with Crippen LogP contribution in [-0.2, 0) is 4.79 Å². The van der Waals surface area contributed by atoms with Crippen molar-refractivity contribution >= 4 is 5.97 Å². The third-order valence-electron chi connectivity index (χ3n) is 5.02. The lowest BCUT2D eigenvalue weighted by Crippen LogP contribution is -2.52. The summed E-state index contributed by atoms with van der Waals surface area (Å²) in [6.07, 6.45) is 4.85. The molecule has 0 bridgehead atoms. The van der Waals surface area contributed by atoms with Gasteiger partial charge in [-0.05, 0) is 30.6 Å². The van der Waals surface area contributed by atoms with E-state index in [4.69, 9.17) is 5.11 Å². The topological polar surface area (TPSA) is 57.5 Å². The molecule has 0 heterocycles. The Labute approximate surface area is 103 Å². The molecule has 3 atom stereocenters. The minimum absolute atomic E-state index is 0.189. The molecule has 96 valence electrons. The molecule has 0 radical (unpaired) electrons. The van der Waals surface area contributed by atoms with Gasteiger partial charge in [-0.25, -0.2) is 4.79 Å². The molecule has 17 heavy (non-hydrogen) atoms. The number of carbonyl (C=O) groups is 1. The van der Waals surface area contributed by atoms with E-state index in [-0.39, 0.29) is 16.4 Å². The lowest BCUT2D eigenvalue weighted by atomic mass is 9.51. The quantitative estimate of drug-likeness (QED) is 0.738. The maximum atomic E-state index is 11.1. The third-order valence-corrected chi connectivity index (χ3v) is 5.02. The van der Waals surface area contributed by atoms with Gasteiger partial charge >= 0.3 is 5.97 Å². The average molecular weight is 238 g/mol. The molecule has 2 aliphatic rings. The first-order valence-corrected chi connectivity index (χ1v) is 6.40. The maximum absolute atomic E-state index is 11.1. The van der Waals surface area contributed by atoms with E-state index in [0.29, 0.717) is 5.92 Å². The van der Waals surface area contributed by atoms with E-state index in [1.54, 1.807) is 6.08 Å². The highest BCUT2D eigenvalue weighted by Crippen LogP contribution is 2.57. The first kappa shape index (κ1) is 12.6. The molecule has 3 heteroatoms. The second-order valence-corrected chi connectivity index (χ2v) is 6.50. The molecule has 2 N–H and O–H groups in total. The normalized spacial score (nSPS) is 40.4. The fourth-order valence-corrected chi connectivity index (χ4v) is 4.00. The molecule has 0 unspecified atom stereocenters. The number of allylic oxidation sites excluding steroid dienone is 1. The highest BCUT2D eigenvalue weighted by Gasteiger charge is 2.53. The number of aliphatic hydroxyl groups excluding tert-OH is 1. The Hall–Kier alpha value is -0.830. The SMILES string of the molecule is CC1(C)CCC[C@]2(C)[C@H](O)C(C(=O)O)=CC[C@@H]12. The lowest BCUT2D eigenvalue weighted by Gasteiger charge is -2.54. The van der Waals surface area contributed by atoms with E-state index in [9.17, 15) is 9.90 Å². The summed E-state index contributed by atoms with van der Waals surface area (Å²) in [6, 6.07) is 0. The number of rotatable bonds is 1. The number of aliphatic hydroxyl groups is 1. The monoisotopic (exact) mass is 238 g/mol. The summed E-state index contributed by atoms with van der Waals surface area (Å²) >= 11 is 0. The van der Waals surface area contributed by atoms with Crippen molar-refractivity contribution in [1.82, 2.24) is 0 Å². The Bertz CT molecular complexity index is 370. The van der Waals surface area contributed by atoms with Crippen LogP contribution in [0.2, 0.25) is 0 Å². The van der Waals surface area contributed by atoms with Crippen LogP contribution in [0.3, 0.4) is 0 Å². The van der Waals surface area contributed by atoms with Crippen LogP contribution in [0, 0.1) is 16.7 Å². The molecule has 0 aromatic carbocycles. The zero-order chi connectivity index (χ0) is 12.8. The van der Waals surface area contributed by atoms with Gasteiger partial charge in [0.25, 0.3) is 0 Å². The van der Waals surface area contributed by atoms with Crippen molar-refractivity contribution in [3.05, 3.63) is 11.6 Å². The van der Waals surface area contributed by atoms with Crippen molar-refractivity contribution in [2.45, 2.75) is 52.6 Å². The van der Waals surface area contributed by atoms with E-state index in [0.717, 1.165) is 25.7 Å². The Morgan fingerprint density at radius 1 is 1.35 bits per heavy atom. The number of hydrogen-bond acceptors (Lipinski definition) is 2. The van der Waals surface area contributed by atoms with Crippen molar-refractivity contribution in [2.75, 3.05) is 0 Å². The van der Waals surface area contributed by atoms with Crippen molar-refractivity contribution in [1.29, 1.82) is 0 Å². The smallest absolute Gasteiger partial charge is 0.333 e. The van der Waals surface area contributed by atoms with Crippen LogP contribution in [0.15, 0.2) is 11.6 Å². The van der Waals surface area contributed by atoms with Gasteiger partial charge in [-0.3, -0.25) is 0 Å². The molecule has 1 saturated carbocycles. The highest BCUT2D eigenvalue weighted by molar-refractivity contribution is 5.88. The predicted octanol–water partition coefficient (Wildman–Crippen LogP) is 2.59. The third kappa shape index (κ3) is 1.81. The molecular weight excluding hydrogens is 216 g/mol. The Kier molecular flexibility index (Phi) is 2.85. The van der Waals surface area contributed by atoms with Crippen molar-refractivity contribution in [3.63, 3.8) is 0 Å². The molecule has 1 fully saturated rings. The van der Waals surface area contributed by atoms with E-state index in [1.165, 1.54) is 0 Å². The molecule has 0 aromatic heterocycles. The number of carboxylic acids is 1. The summed E-state index contributed by atoms with van der Waals surface area (Å²) in [5.74, 6) is -0.595. The van der Waals surface area contributed by atoms with Gasteiger partial charge in [-0.2, -0.15) is 0 Å². The summed E-state index contributed by atoms with van der Waals surface area (Å²) < 4.78 is 0. The first-order valence-electron chi connectivity index (χ1n) is 6.40. The summed E-state index contributed by atoms with van der Waals surface area (Å²) in [6.45, 7) is 6.53. The van der Waals surface area contributed by atoms with Gasteiger partial charge in [0.05, 0.1) is 11.7 Å². The minimum atomic E-state index is -0.972. The van der Waals surface area contributed by atoms with E-state index in [1.807, 2.05) is 0 Å².